The molecule has 3 N–H and O–H groups in total. The normalized spacial score (nSPS) is 11.4. The number of aromatic nitrogens is 2. The van der Waals surface area contributed by atoms with E-state index in [1.54, 1.807) is 48.7 Å². The molecule has 0 saturated carbocycles. The van der Waals surface area contributed by atoms with Gasteiger partial charge in [-0.2, -0.15) is 13.2 Å². The Morgan fingerprint density at radius 3 is 2.03 bits per heavy atom. The van der Waals surface area contributed by atoms with Crippen LogP contribution in [0, 0.1) is 0 Å². The third kappa shape index (κ3) is 3.82. The molecular formula is C23H16F3N3O. The summed E-state index contributed by atoms with van der Waals surface area (Å²) in [6.07, 6.45) is -2.88. The number of phenolic OH excluding ortho intramolecular Hbond substituents is 1. The first-order chi connectivity index (χ1) is 14.3. The van der Waals surface area contributed by atoms with Crippen molar-refractivity contribution in [3.8, 4) is 39.5 Å². The molecule has 0 saturated heterocycles. The second-order valence-electron chi connectivity index (χ2n) is 6.67. The summed E-state index contributed by atoms with van der Waals surface area (Å²) >= 11 is 0. The highest BCUT2D eigenvalue weighted by Gasteiger charge is 2.30. The van der Waals surface area contributed by atoms with Crippen molar-refractivity contribution in [1.82, 2.24) is 9.97 Å². The van der Waals surface area contributed by atoms with E-state index in [2.05, 4.69) is 9.97 Å². The monoisotopic (exact) mass is 407 g/mol. The molecule has 1 heterocycles. The van der Waals surface area contributed by atoms with E-state index in [0.29, 0.717) is 33.9 Å². The molecule has 0 aliphatic rings. The van der Waals surface area contributed by atoms with Gasteiger partial charge < -0.3 is 10.8 Å². The van der Waals surface area contributed by atoms with Crippen LogP contribution in [0.2, 0.25) is 0 Å². The molecule has 7 heteroatoms. The molecule has 0 radical (unpaired) electrons. The van der Waals surface area contributed by atoms with E-state index in [9.17, 15) is 18.3 Å². The second kappa shape index (κ2) is 7.51. The predicted molar refractivity (Wildman–Crippen MR) is 109 cm³/mol. The quantitative estimate of drug-likeness (QED) is 0.422. The molecule has 0 aliphatic carbocycles. The number of phenols is 1. The van der Waals surface area contributed by atoms with Gasteiger partial charge in [0.25, 0.3) is 0 Å². The average molecular weight is 407 g/mol. The minimum absolute atomic E-state index is 0.00705. The number of anilines is 1. The highest BCUT2D eigenvalue weighted by Crippen LogP contribution is 2.37. The Labute approximate surface area is 170 Å². The van der Waals surface area contributed by atoms with Crippen LogP contribution in [-0.2, 0) is 6.18 Å². The first-order valence-electron chi connectivity index (χ1n) is 9.02. The summed E-state index contributed by atoms with van der Waals surface area (Å²) in [5, 5.41) is 10.4. The molecule has 3 aromatic carbocycles. The molecule has 150 valence electrons. The number of nitrogen functional groups attached to an aromatic ring is 1. The molecule has 0 amide bonds. The van der Waals surface area contributed by atoms with Crippen LogP contribution in [-0.4, -0.2) is 15.1 Å². The molecule has 4 nitrogen and oxygen atoms in total. The van der Waals surface area contributed by atoms with Crippen molar-refractivity contribution in [2.24, 2.45) is 0 Å². The largest absolute Gasteiger partial charge is 0.507 e. The van der Waals surface area contributed by atoms with E-state index in [0.717, 1.165) is 17.7 Å². The highest BCUT2D eigenvalue weighted by atomic mass is 19.4. The van der Waals surface area contributed by atoms with Crippen LogP contribution in [0.25, 0.3) is 33.8 Å². The fourth-order valence-electron chi connectivity index (χ4n) is 3.08. The smallest absolute Gasteiger partial charge is 0.416 e. The van der Waals surface area contributed by atoms with Gasteiger partial charge >= 0.3 is 6.18 Å². The minimum atomic E-state index is -4.42. The third-order valence-corrected chi connectivity index (χ3v) is 4.64. The lowest BCUT2D eigenvalue weighted by atomic mass is 9.98. The number of aromatic hydroxyl groups is 1. The van der Waals surface area contributed by atoms with E-state index in [1.807, 2.05) is 0 Å². The average Bonchev–Trinajstić information content (AvgIpc) is 2.74. The summed E-state index contributed by atoms with van der Waals surface area (Å²) in [7, 11) is 0. The Morgan fingerprint density at radius 1 is 0.767 bits per heavy atom. The van der Waals surface area contributed by atoms with Crippen molar-refractivity contribution in [2.45, 2.75) is 6.18 Å². The maximum absolute atomic E-state index is 12.9. The van der Waals surface area contributed by atoms with Gasteiger partial charge in [0, 0.05) is 28.6 Å². The number of benzene rings is 3. The highest BCUT2D eigenvalue weighted by molar-refractivity contribution is 5.84. The SMILES string of the molecule is Nc1ccc(-c2ncc(-c3ccc(C(F)(F)F)cc3)c(-c3ccccc3O)n2)cc1. The van der Waals surface area contributed by atoms with Crippen LogP contribution in [0.4, 0.5) is 18.9 Å². The molecular weight excluding hydrogens is 391 g/mol. The topological polar surface area (TPSA) is 72.0 Å². The molecule has 0 bridgehead atoms. The van der Waals surface area contributed by atoms with Crippen molar-refractivity contribution in [1.29, 1.82) is 0 Å². The Hall–Kier alpha value is -3.87. The van der Waals surface area contributed by atoms with Gasteiger partial charge in [0.05, 0.1) is 11.3 Å². The second-order valence-corrected chi connectivity index (χ2v) is 6.67. The Kier molecular flexibility index (Phi) is 4.87. The van der Waals surface area contributed by atoms with Gasteiger partial charge in [0.2, 0.25) is 0 Å². The minimum Gasteiger partial charge on any atom is -0.507 e. The van der Waals surface area contributed by atoms with E-state index in [1.165, 1.54) is 18.2 Å². The van der Waals surface area contributed by atoms with Gasteiger partial charge in [-0.1, -0.05) is 24.3 Å². The van der Waals surface area contributed by atoms with Crippen LogP contribution >= 0.6 is 0 Å². The Balaban J connectivity index is 1.88. The molecule has 0 spiro atoms. The summed E-state index contributed by atoms with van der Waals surface area (Å²) in [5.74, 6) is 0.413. The molecule has 0 fully saturated rings. The van der Waals surface area contributed by atoms with Crippen molar-refractivity contribution < 1.29 is 18.3 Å². The van der Waals surface area contributed by atoms with Crippen LogP contribution in [0.5, 0.6) is 5.75 Å². The number of nitrogens with zero attached hydrogens (tertiary/aromatic N) is 2. The van der Waals surface area contributed by atoms with Crippen molar-refractivity contribution in [3.05, 3.63) is 84.6 Å². The van der Waals surface area contributed by atoms with Gasteiger partial charge in [-0.3, -0.25) is 0 Å². The fraction of sp³-hybridized carbons (Fsp3) is 0.0435. The van der Waals surface area contributed by atoms with Crippen LogP contribution < -0.4 is 5.73 Å². The van der Waals surface area contributed by atoms with Gasteiger partial charge in [-0.25, -0.2) is 9.97 Å². The molecule has 1 aromatic heterocycles. The summed E-state index contributed by atoms with van der Waals surface area (Å²) in [6, 6.07) is 18.4. The number of nitrogens with two attached hydrogens (primary N) is 1. The van der Waals surface area contributed by atoms with Gasteiger partial charge in [0.15, 0.2) is 5.82 Å². The van der Waals surface area contributed by atoms with Crippen molar-refractivity contribution in [2.75, 3.05) is 5.73 Å². The van der Waals surface area contributed by atoms with Crippen LogP contribution in [0.15, 0.2) is 79.0 Å². The van der Waals surface area contributed by atoms with Crippen LogP contribution in [0.1, 0.15) is 5.56 Å². The predicted octanol–water partition coefficient (Wildman–Crippen LogP) is 5.78. The Morgan fingerprint density at radius 2 is 1.40 bits per heavy atom. The first kappa shape index (κ1) is 19.4. The number of halogens is 3. The molecule has 30 heavy (non-hydrogen) atoms. The summed E-state index contributed by atoms with van der Waals surface area (Å²) < 4.78 is 38.8. The van der Waals surface area contributed by atoms with E-state index in [4.69, 9.17) is 5.73 Å². The molecule has 4 aromatic rings. The lowest BCUT2D eigenvalue weighted by Gasteiger charge is -2.13. The molecule has 0 aliphatic heterocycles. The zero-order valence-corrected chi connectivity index (χ0v) is 15.6. The van der Waals surface area contributed by atoms with E-state index in [-0.39, 0.29) is 5.75 Å². The van der Waals surface area contributed by atoms with Gasteiger partial charge in [-0.15, -0.1) is 0 Å². The summed E-state index contributed by atoms with van der Waals surface area (Å²) in [5.41, 5.74) is 8.18. The number of alkyl halides is 3. The van der Waals surface area contributed by atoms with E-state index >= 15 is 0 Å². The number of rotatable bonds is 3. The summed E-state index contributed by atoms with van der Waals surface area (Å²) in [6.45, 7) is 0. The number of hydrogen-bond donors (Lipinski definition) is 2. The molecule has 0 unspecified atom stereocenters. The van der Waals surface area contributed by atoms with Gasteiger partial charge in [0.1, 0.15) is 5.75 Å². The maximum Gasteiger partial charge on any atom is 0.416 e. The fourth-order valence-corrected chi connectivity index (χ4v) is 3.08. The zero-order valence-electron chi connectivity index (χ0n) is 15.6. The number of hydrogen-bond acceptors (Lipinski definition) is 4. The lowest BCUT2D eigenvalue weighted by molar-refractivity contribution is -0.137. The standard InChI is InChI=1S/C23H16F3N3O/c24-23(25,26)16-9-5-14(6-10-16)19-13-28-22(15-7-11-17(27)12-8-15)29-21(19)18-3-1-2-4-20(18)30/h1-13,30H,27H2. The number of para-hydroxylation sites is 1. The Bertz CT molecular complexity index is 1190. The zero-order chi connectivity index (χ0) is 21.3. The maximum atomic E-state index is 12.9. The molecule has 0 atom stereocenters. The van der Waals surface area contributed by atoms with Crippen LogP contribution in [0.3, 0.4) is 0 Å². The third-order valence-electron chi connectivity index (χ3n) is 4.64. The summed E-state index contributed by atoms with van der Waals surface area (Å²) in [4.78, 5) is 9.00. The molecule has 4 rings (SSSR count). The lowest BCUT2D eigenvalue weighted by Crippen LogP contribution is -2.04. The van der Waals surface area contributed by atoms with Crippen molar-refractivity contribution in [3.63, 3.8) is 0 Å². The van der Waals surface area contributed by atoms with Crippen molar-refractivity contribution >= 4 is 5.69 Å². The van der Waals surface area contributed by atoms with E-state index < -0.39 is 11.7 Å². The first-order valence-corrected chi connectivity index (χ1v) is 9.02. The van der Waals surface area contributed by atoms with Gasteiger partial charge in [-0.05, 0) is 54.1 Å².